The topological polar surface area (TPSA) is 43.1 Å². The lowest BCUT2D eigenvalue weighted by Gasteiger charge is -2.40. The van der Waals surface area contributed by atoms with Gasteiger partial charge in [-0.05, 0) is 13.0 Å². The second-order valence-electron chi connectivity index (χ2n) is 4.15. The predicted octanol–water partition coefficient (Wildman–Crippen LogP) is 0.903. The van der Waals surface area contributed by atoms with Crippen molar-refractivity contribution in [2.24, 2.45) is 5.73 Å². The van der Waals surface area contributed by atoms with Crippen molar-refractivity contribution in [3.05, 3.63) is 12.2 Å². The van der Waals surface area contributed by atoms with E-state index in [1.54, 1.807) is 12.2 Å². The molecule has 3 heteroatoms. The van der Waals surface area contributed by atoms with Gasteiger partial charge in [0.1, 0.15) is 0 Å². The normalized spacial score (nSPS) is 17.4. The van der Waals surface area contributed by atoms with Crippen molar-refractivity contribution >= 4 is 5.78 Å². The molecule has 0 heterocycles. The lowest BCUT2D eigenvalue weighted by molar-refractivity contribution is -0.912. The number of hydrogen-bond acceptors (Lipinski definition) is 2. The van der Waals surface area contributed by atoms with Crippen LogP contribution in [0.5, 0.6) is 0 Å². The Hall–Kier alpha value is -0.670. The minimum Gasteiger partial charge on any atom is -0.307 e. The minimum absolute atomic E-state index is 0.00926. The van der Waals surface area contributed by atoms with Crippen LogP contribution in [0.15, 0.2) is 12.2 Å². The third-order valence-electron chi connectivity index (χ3n) is 2.48. The summed E-state index contributed by atoms with van der Waals surface area (Å²) in [5, 5.41) is 0. The summed E-state index contributed by atoms with van der Waals surface area (Å²) >= 11 is 0. The quantitative estimate of drug-likeness (QED) is 0.402. The summed E-state index contributed by atoms with van der Waals surface area (Å²) in [6.07, 6.45) is 3.92. The molecule has 0 aromatic heterocycles. The summed E-state index contributed by atoms with van der Waals surface area (Å²) in [6.45, 7) is 3.76. The van der Waals surface area contributed by atoms with Gasteiger partial charge < -0.3 is 4.48 Å². The van der Waals surface area contributed by atoms with Crippen LogP contribution in [-0.2, 0) is 4.79 Å². The number of rotatable bonds is 4. The summed E-state index contributed by atoms with van der Waals surface area (Å²) < 4.78 is 0.451. The van der Waals surface area contributed by atoms with Crippen LogP contribution in [-0.4, -0.2) is 37.1 Å². The van der Waals surface area contributed by atoms with Crippen molar-refractivity contribution < 1.29 is 9.28 Å². The Balaban J connectivity index is 4.95. The molecule has 0 radical (unpaired) electrons. The van der Waals surface area contributed by atoms with Crippen LogP contribution >= 0.6 is 0 Å². The first kappa shape index (κ1) is 12.3. The first-order chi connectivity index (χ1) is 5.79. The van der Waals surface area contributed by atoms with Crippen LogP contribution in [0.1, 0.15) is 20.3 Å². The molecular formula is C10H21N2O+. The Morgan fingerprint density at radius 3 is 2.15 bits per heavy atom. The van der Waals surface area contributed by atoms with E-state index in [1.165, 1.54) is 0 Å². The Kier molecular flexibility index (Phi) is 3.82. The highest BCUT2D eigenvalue weighted by Gasteiger charge is 2.43. The number of carbonyl (C=O) groups is 1. The van der Waals surface area contributed by atoms with E-state index in [2.05, 4.69) is 0 Å². The first-order valence-electron chi connectivity index (χ1n) is 4.57. The number of ketones is 1. The van der Waals surface area contributed by atoms with Gasteiger partial charge in [-0.1, -0.05) is 13.0 Å². The highest BCUT2D eigenvalue weighted by molar-refractivity contribution is 5.96. The molecule has 1 atom stereocenters. The fourth-order valence-electron chi connectivity index (χ4n) is 1.27. The fourth-order valence-corrected chi connectivity index (χ4v) is 1.27. The van der Waals surface area contributed by atoms with Crippen LogP contribution < -0.4 is 5.73 Å². The molecular weight excluding hydrogens is 164 g/mol. The van der Waals surface area contributed by atoms with Gasteiger partial charge in [0.15, 0.2) is 0 Å². The van der Waals surface area contributed by atoms with Crippen LogP contribution in [0.3, 0.4) is 0 Å². The molecule has 0 aliphatic carbocycles. The van der Waals surface area contributed by atoms with E-state index in [9.17, 15) is 4.79 Å². The minimum atomic E-state index is -0.799. The maximum atomic E-state index is 11.7. The second kappa shape index (κ2) is 4.03. The predicted molar refractivity (Wildman–Crippen MR) is 55.1 cm³/mol. The van der Waals surface area contributed by atoms with Crippen molar-refractivity contribution in [1.29, 1.82) is 0 Å². The highest BCUT2D eigenvalue weighted by Crippen LogP contribution is 2.18. The Morgan fingerprint density at radius 2 is 1.92 bits per heavy atom. The Labute approximate surface area is 80.8 Å². The number of hydrogen-bond donors (Lipinski definition) is 1. The molecule has 3 nitrogen and oxygen atoms in total. The lowest BCUT2D eigenvalue weighted by Crippen LogP contribution is -2.67. The molecule has 0 fully saturated rings. The number of nitrogens with two attached hydrogens (primary N) is 1. The van der Waals surface area contributed by atoms with Crippen molar-refractivity contribution in [1.82, 2.24) is 0 Å². The van der Waals surface area contributed by atoms with Crippen molar-refractivity contribution in [3.8, 4) is 0 Å². The average molecular weight is 185 g/mol. The molecule has 0 aromatic rings. The molecule has 0 aromatic carbocycles. The summed E-state index contributed by atoms with van der Waals surface area (Å²) in [7, 11) is 5.81. The monoisotopic (exact) mass is 185 g/mol. The summed E-state index contributed by atoms with van der Waals surface area (Å²) in [4.78, 5) is 11.7. The number of likely N-dealkylation sites (N-methyl/N-ethyl adjacent to an activating group) is 1. The van der Waals surface area contributed by atoms with Crippen molar-refractivity contribution in [2.45, 2.75) is 25.9 Å². The third-order valence-corrected chi connectivity index (χ3v) is 2.48. The molecule has 0 spiro atoms. The Bertz CT molecular complexity index is 215. The van der Waals surface area contributed by atoms with Gasteiger partial charge in [0, 0.05) is 6.42 Å². The second-order valence-corrected chi connectivity index (χ2v) is 4.15. The van der Waals surface area contributed by atoms with E-state index in [0.29, 0.717) is 10.9 Å². The van der Waals surface area contributed by atoms with Gasteiger partial charge in [-0.15, -0.1) is 0 Å². The van der Waals surface area contributed by atoms with Gasteiger partial charge in [-0.3, -0.25) is 10.5 Å². The summed E-state index contributed by atoms with van der Waals surface area (Å²) in [5.74, 6) is -0.00926. The smallest absolute Gasteiger partial charge is 0.231 e. The fraction of sp³-hybridized carbons (Fsp3) is 0.700. The van der Waals surface area contributed by atoms with Crippen LogP contribution in [0.2, 0.25) is 0 Å². The van der Waals surface area contributed by atoms with E-state index in [-0.39, 0.29) is 5.78 Å². The molecule has 13 heavy (non-hydrogen) atoms. The standard InChI is InChI=1S/C10H21N2O/c1-6-8-9(13)10(11,7-2)12(3,4)5/h6,8H,7,11H2,1-5H3/q+1. The average Bonchev–Trinajstić information content (AvgIpc) is 2.01. The van der Waals surface area contributed by atoms with Gasteiger partial charge in [-0.2, -0.15) is 0 Å². The molecule has 0 saturated heterocycles. The van der Waals surface area contributed by atoms with E-state index >= 15 is 0 Å². The van der Waals surface area contributed by atoms with Crippen molar-refractivity contribution in [3.63, 3.8) is 0 Å². The van der Waals surface area contributed by atoms with Gasteiger partial charge in [-0.25, -0.2) is 0 Å². The zero-order valence-electron chi connectivity index (χ0n) is 9.29. The molecule has 0 bridgehead atoms. The molecule has 0 rings (SSSR count). The van der Waals surface area contributed by atoms with Crippen LogP contribution in [0.4, 0.5) is 0 Å². The maximum Gasteiger partial charge on any atom is 0.231 e. The first-order valence-corrected chi connectivity index (χ1v) is 4.57. The molecule has 76 valence electrons. The molecule has 0 saturated carbocycles. The van der Waals surface area contributed by atoms with E-state index in [4.69, 9.17) is 5.73 Å². The number of allylic oxidation sites excluding steroid dienone is 1. The number of quaternary nitrogens is 1. The van der Waals surface area contributed by atoms with Crippen molar-refractivity contribution in [2.75, 3.05) is 21.1 Å². The van der Waals surface area contributed by atoms with Crippen LogP contribution in [0.25, 0.3) is 0 Å². The molecule has 1 unspecified atom stereocenters. The molecule has 0 aliphatic rings. The molecule has 0 aliphatic heterocycles. The Morgan fingerprint density at radius 1 is 1.46 bits per heavy atom. The summed E-state index contributed by atoms with van der Waals surface area (Å²) in [5.41, 5.74) is 5.28. The number of nitrogens with zero attached hydrogens (tertiary/aromatic N) is 1. The van der Waals surface area contributed by atoms with Gasteiger partial charge in [0.25, 0.3) is 0 Å². The zero-order chi connectivity index (χ0) is 10.7. The van der Waals surface area contributed by atoms with Gasteiger partial charge in [0.05, 0.1) is 21.1 Å². The molecule has 2 N–H and O–H groups in total. The van der Waals surface area contributed by atoms with E-state index < -0.39 is 5.66 Å². The number of carbonyl (C=O) groups excluding carboxylic acids is 1. The molecule has 0 amide bonds. The SMILES string of the molecule is CC=CC(=O)C(N)(CC)[N+](C)(C)C. The van der Waals surface area contributed by atoms with Gasteiger partial charge >= 0.3 is 0 Å². The van der Waals surface area contributed by atoms with E-state index in [0.717, 1.165) is 0 Å². The van der Waals surface area contributed by atoms with Crippen LogP contribution in [0, 0.1) is 0 Å². The zero-order valence-corrected chi connectivity index (χ0v) is 9.29. The lowest BCUT2D eigenvalue weighted by atomic mass is 9.98. The summed E-state index contributed by atoms with van der Waals surface area (Å²) in [6, 6.07) is 0. The largest absolute Gasteiger partial charge is 0.307 e. The maximum absolute atomic E-state index is 11.7. The third kappa shape index (κ3) is 2.39. The highest BCUT2D eigenvalue weighted by atomic mass is 16.1. The van der Waals surface area contributed by atoms with E-state index in [1.807, 2.05) is 35.0 Å². The van der Waals surface area contributed by atoms with Gasteiger partial charge in [0.2, 0.25) is 11.4 Å².